The van der Waals surface area contributed by atoms with Gasteiger partial charge in [-0.2, -0.15) is 13.2 Å². The summed E-state index contributed by atoms with van der Waals surface area (Å²) in [6.07, 6.45) is -3.61. The number of carboxylic acids is 1. The smallest absolute Gasteiger partial charge is 0.449 e. The van der Waals surface area contributed by atoms with E-state index in [0.717, 1.165) is 45.2 Å². The normalized spacial score (nSPS) is 12.2. The predicted octanol–water partition coefficient (Wildman–Crippen LogP) is 9.22. The highest BCUT2D eigenvalue weighted by Gasteiger charge is 2.35. The average molecular weight is 582 g/mol. The minimum atomic E-state index is -4.54. The Balaban J connectivity index is 1.60. The first-order valence-electron chi connectivity index (χ1n) is 13.4. The Morgan fingerprint density at radius 3 is 2.10 bits per heavy atom. The number of alkyl halides is 3. The van der Waals surface area contributed by atoms with Crippen molar-refractivity contribution in [2.75, 3.05) is 0 Å². The number of rotatable bonds is 10. The molecule has 1 N–H and O–H groups in total. The standard InChI is InChI=1S/C33H34F3NO3S/c1-6-23-16-21(2)30(22(3)17-23)41-37(20-28-14-15-29(40-28)33(34,35)36)19-24-10-12-25(13-11-24)26-8-7-9-27(18-26)32(4,5)31(38)39/h7-18H,6,19-20H2,1-5H3,(H,38,39). The molecule has 3 aromatic carbocycles. The third-order valence-corrected chi connectivity index (χ3v) is 8.53. The lowest BCUT2D eigenvalue weighted by molar-refractivity contribution is -0.153. The summed E-state index contributed by atoms with van der Waals surface area (Å²) in [6, 6.07) is 22.1. The highest BCUT2D eigenvalue weighted by atomic mass is 32.2. The Labute approximate surface area is 243 Å². The molecule has 0 fully saturated rings. The summed E-state index contributed by atoms with van der Waals surface area (Å²) in [4.78, 5) is 12.8. The van der Waals surface area contributed by atoms with Crippen LogP contribution in [-0.2, 0) is 35.9 Å². The zero-order valence-electron chi connectivity index (χ0n) is 23.8. The van der Waals surface area contributed by atoms with Gasteiger partial charge in [0.25, 0.3) is 0 Å². The molecule has 41 heavy (non-hydrogen) atoms. The average Bonchev–Trinajstić information content (AvgIpc) is 3.40. The molecule has 0 aliphatic heterocycles. The van der Waals surface area contributed by atoms with Gasteiger partial charge >= 0.3 is 12.1 Å². The summed E-state index contributed by atoms with van der Waals surface area (Å²) in [5.41, 5.74) is 6.00. The van der Waals surface area contributed by atoms with E-state index in [9.17, 15) is 23.1 Å². The topological polar surface area (TPSA) is 53.7 Å². The SMILES string of the molecule is CCc1cc(C)c(SN(Cc2ccc(-c3cccc(C(C)(C)C(=O)O)c3)cc2)Cc2ccc(C(F)(F)F)o2)c(C)c1. The Bertz CT molecular complexity index is 1500. The number of carbonyl (C=O) groups is 1. The second-order valence-electron chi connectivity index (χ2n) is 10.8. The molecule has 0 saturated carbocycles. The molecule has 0 saturated heterocycles. The number of aliphatic carboxylic acids is 1. The van der Waals surface area contributed by atoms with Crippen molar-refractivity contribution in [3.8, 4) is 11.1 Å². The summed E-state index contributed by atoms with van der Waals surface area (Å²) in [5, 5.41) is 9.62. The maximum Gasteiger partial charge on any atom is 0.449 e. The van der Waals surface area contributed by atoms with E-state index in [2.05, 4.69) is 32.9 Å². The van der Waals surface area contributed by atoms with E-state index in [1.54, 1.807) is 13.8 Å². The second-order valence-corrected chi connectivity index (χ2v) is 11.9. The maximum atomic E-state index is 13.2. The molecule has 0 unspecified atom stereocenters. The van der Waals surface area contributed by atoms with Crippen molar-refractivity contribution in [1.82, 2.24) is 4.31 Å². The minimum absolute atomic E-state index is 0.184. The summed E-state index contributed by atoms with van der Waals surface area (Å²) in [7, 11) is 0. The van der Waals surface area contributed by atoms with Gasteiger partial charge in [-0.1, -0.05) is 67.6 Å². The lowest BCUT2D eigenvalue weighted by Gasteiger charge is -2.23. The van der Waals surface area contributed by atoms with Gasteiger partial charge in [0.2, 0.25) is 5.76 Å². The Morgan fingerprint density at radius 2 is 1.54 bits per heavy atom. The molecule has 0 atom stereocenters. The second kappa shape index (κ2) is 12.2. The number of carboxylic acid groups (broad SMARTS) is 1. The fourth-order valence-corrected chi connectivity index (χ4v) is 5.71. The summed E-state index contributed by atoms with van der Waals surface area (Å²) in [5.74, 6) is -1.66. The number of hydrogen-bond donors (Lipinski definition) is 1. The fourth-order valence-electron chi connectivity index (χ4n) is 4.64. The van der Waals surface area contributed by atoms with Gasteiger partial charge in [0.05, 0.1) is 12.0 Å². The van der Waals surface area contributed by atoms with Crippen LogP contribution in [0.15, 0.2) is 82.1 Å². The first-order chi connectivity index (χ1) is 19.3. The molecule has 0 spiro atoms. The van der Waals surface area contributed by atoms with Gasteiger partial charge in [0, 0.05) is 11.4 Å². The number of halogens is 3. The van der Waals surface area contributed by atoms with Crippen LogP contribution >= 0.6 is 11.9 Å². The van der Waals surface area contributed by atoms with E-state index in [4.69, 9.17) is 4.42 Å². The molecule has 4 rings (SSSR count). The van der Waals surface area contributed by atoms with E-state index in [1.165, 1.54) is 23.6 Å². The quantitative estimate of drug-likeness (QED) is 0.189. The van der Waals surface area contributed by atoms with Crippen LogP contribution in [0.2, 0.25) is 0 Å². The molecular formula is C33H34F3NO3S. The van der Waals surface area contributed by atoms with Crippen LogP contribution in [0.5, 0.6) is 0 Å². The molecule has 0 aliphatic rings. The van der Waals surface area contributed by atoms with Gasteiger partial charge in [-0.25, -0.2) is 4.31 Å². The van der Waals surface area contributed by atoms with Gasteiger partial charge in [0.1, 0.15) is 5.76 Å². The monoisotopic (exact) mass is 581 g/mol. The summed E-state index contributed by atoms with van der Waals surface area (Å²) in [6.45, 7) is 10.2. The van der Waals surface area contributed by atoms with Crippen molar-refractivity contribution in [3.05, 3.63) is 112 Å². The van der Waals surface area contributed by atoms with Crippen LogP contribution in [-0.4, -0.2) is 15.4 Å². The molecule has 8 heteroatoms. The van der Waals surface area contributed by atoms with Crippen molar-refractivity contribution in [3.63, 3.8) is 0 Å². The lowest BCUT2D eigenvalue weighted by atomic mass is 9.83. The minimum Gasteiger partial charge on any atom is -0.481 e. The fraction of sp³-hybridized carbons (Fsp3) is 0.303. The molecule has 0 radical (unpaired) electrons. The summed E-state index contributed by atoms with van der Waals surface area (Å²) >= 11 is 1.51. The van der Waals surface area contributed by atoms with Crippen LogP contribution in [0.4, 0.5) is 13.2 Å². The van der Waals surface area contributed by atoms with Gasteiger partial charge in [-0.3, -0.25) is 4.79 Å². The highest BCUT2D eigenvalue weighted by molar-refractivity contribution is 7.97. The molecule has 0 aliphatic carbocycles. The number of hydrogen-bond acceptors (Lipinski definition) is 4. The van der Waals surface area contributed by atoms with Crippen molar-refractivity contribution in [2.45, 2.75) is 70.6 Å². The number of nitrogens with zero attached hydrogens (tertiary/aromatic N) is 1. The zero-order valence-corrected chi connectivity index (χ0v) is 24.6. The lowest BCUT2D eigenvalue weighted by Crippen LogP contribution is -2.28. The third-order valence-electron chi connectivity index (χ3n) is 7.19. The van der Waals surface area contributed by atoms with Crippen LogP contribution in [0.3, 0.4) is 0 Å². The number of benzene rings is 3. The predicted molar refractivity (Wildman–Crippen MR) is 157 cm³/mol. The van der Waals surface area contributed by atoms with Crippen molar-refractivity contribution < 1.29 is 27.5 Å². The molecule has 216 valence electrons. The molecule has 0 bridgehead atoms. The Hall–Kier alpha value is -3.49. The van der Waals surface area contributed by atoms with Gasteiger partial charge in [-0.05, 0) is 97.1 Å². The molecule has 4 nitrogen and oxygen atoms in total. The van der Waals surface area contributed by atoms with Gasteiger partial charge in [-0.15, -0.1) is 0 Å². The van der Waals surface area contributed by atoms with Crippen molar-refractivity contribution in [2.24, 2.45) is 0 Å². The molecule has 1 heterocycles. The van der Waals surface area contributed by atoms with Crippen LogP contribution < -0.4 is 0 Å². The van der Waals surface area contributed by atoms with E-state index in [0.29, 0.717) is 12.1 Å². The van der Waals surface area contributed by atoms with E-state index < -0.39 is 23.3 Å². The number of aryl methyl sites for hydroxylation is 3. The molecule has 4 aromatic rings. The maximum absolute atomic E-state index is 13.2. The van der Waals surface area contributed by atoms with Crippen molar-refractivity contribution in [1.29, 1.82) is 0 Å². The highest BCUT2D eigenvalue weighted by Crippen LogP contribution is 2.36. The molecular weight excluding hydrogens is 547 g/mol. The molecule has 1 aromatic heterocycles. The largest absolute Gasteiger partial charge is 0.481 e. The van der Waals surface area contributed by atoms with Crippen LogP contribution in [0.25, 0.3) is 11.1 Å². The number of furan rings is 1. The third kappa shape index (κ3) is 7.24. The van der Waals surface area contributed by atoms with Crippen LogP contribution in [0, 0.1) is 13.8 Å². The first-order valence-corrected chi connectivity index (χ1v) is 14.2. The van der Waals surface area contributed by atoms with Crippen molar-refractivity contribution >= 4 is 17.9 Å². The van der Waals surface area contributed by atoms with E-state index in [1.807, 2.05) is 52.8 Å². The van der Waals surface area contributed by atoms with Gasteiger partial charge < -0.3 is 9.52 Å². The van der Waals surface area contributed by atoms with E-state index >= 15 is 0 Å². The Kier molecular flexibility index (Phi) is 9.04. The zero-order chi connectivity index (χ0) is 29.9. The van der Waals surface area contributed by atoms with Crippen LogP contribution in [0.1, 0.15) is 60.1 Å². The Morgan fingerprint density at radius 1 is 0.878 bits per heavy atom. The van der Waals surface area contributed by atoms with Gasteiger partial charge in [0.15, 0.2) is 0 Å². The van der Waals surface area contributed by atoms with E-state index in [-0.39, 0.29) is 12.3 Å². The summed E-state index contributed by atoms with van der Waals surface area (Å²) < 4.78 is 46.7. The molecule has 0 amide bonds. The first kappa shape index (κ1) is 30.5.